The fourth-order valence-electron chi connectivity index (χ4n) is 3.67. The summed E-state index contributed by atoms with van der Waals surface area (Å²) < 4.78 is 14.4. The van der Waals surface area contributed by atoms with E-state index < -0.39 is 23.5 Å². The smallest absolute Gasteiger partial charge is 0.295 e. The zero-order chi connectivity index (χ0) is 22.1. The standard InChI is InChI=1S/C24H18BrFN2O3/c1-14-11-17(6-9-19(14)25)22(29)20-21(16-4-7-18(26)8-5-16)28(24(31)23(20)30)13-15-3-2-10-27-12-15/h2-12,21,29H,13H2,1H3/b22-20-. The van der Waals surface area contributed by atoms with Crippen LogP contribution < -0.4 is 0 Å². The quantitative estimate of drug-likeness (QED) is 0.327. The van der Waals surface area contributed by atoms with Crippen molar-refractivity contribution in [2.75, 3.05) is 0 Å². The molecule has 1 unspecified atom stereocenters. The number of aliphatic hydroxyl groups excluding tert-OH is 1. The SMILES string of the molecule is Cc1cc(/C(O)=C2/C(=O)C(=O)N(Cc3cccnc3)C2c2ccc(F)cc2)ccc1Br. The van der Waals surface area contributed by atoms with Crippen molar-refractivity contribution < 1.29 is 19.1 Å². The zero-order valence-corrected chi connectivity index (χ0v) is 18.1. The number of Topliss-reactive ketones (excluding diaryl/α,β-unsaturated/α-hetero) is 1. The highest BCUT2D eigenvalue weighted by Crippen LogP contribution is 2.40. The van der Waals surface area contributed by atoms with E-state index in [1.165, 1.54) is 29.2 Å². The van der Waals surface area contributed by atoms with Crippen LogP contribution in [-0.4, -0.2) is 26.7 Å². The Morgan fingerprint density at radius 1 is 1.16 bits per heavy atom. The average molecular weight is 481 g/mol. The van der Waals surface area contributed by atoms with Crippen molar-refractivity contribution >= 4 is 33.4 Å². The number of carbonyl (C=O) groups excluding carboxylic acids is 2. The average Bonchev–Trinajstić information content (AvgIpc) is 3.01. The first-order valence-corrected chi connectivity index (χ1v) is 10.4. The van der Waals surface area contributed by atoms with Gasteiger partial charge in [-0.2, -0.15) is 0 Å². The van der Waals surface area contributed by atoms with Gasteiger partial charge in [0.2, 0.25) is 0 Å². The molecule has 1 saturated heterocycles. The molecule has 0 bridgehead atoms. The number of nitrogens with zero attached hydrogens (tertiary/aromatic N) is 2. The number of pyridine rings is 1. The molecule has 2 aromatic carbocycles. The van der Waals surface area contributed by atoms with Crippen LogP contribution in [0.3, 0.4) is 0 Å². The number of hydrogen-bond donors (Lipinski definition) is 1. The van der Waals surface area contributed by atoms with Crippen LogP contribution in [0, 0.1) is 12.7 Å². The summed E-state index contributed by atoms with van der Waals surface area (Å²) in [7, 11) is 0. The number of halogens is 2. The molecule has 3 aromatic rings. The summed E-state index contributed by atoms with van der Waals surface area (Å²) in [5.41, 5.74) is 2.53. The molecule has 1 N–H and O–H groups in total. The van der Waals surface area contributed by atoms with Gasteiger partial charge < -0.3 is 10.0 Å². The van der Waals surface area contributed by atoms with E-state index in [9.17, 15) is 19.1 Å². The molecule has 31 heavy (non-hydrogen) atoms. The molecule has 7 heteroatoms. The van der Waals surface area contributed by atoms with Gasteiger partial charge in [-0.05, 0) is 53.9 Å². The Labute approximate surface area is 187 Å². The van der Waals surface area contributed by atoms with Gasteiger partial charge in [-0.3, -0.25) is 14.6 Å². The Bertz CT molecular complexity index is 1190. The molecular formula is C24H18BrFN2O3. The molecule has 1 fully saturated rings. The number of aryl methyl sites for hydroxylation is 1. The molecule has 4 rings (SSSR count). The Balaban J connectivity index is 1.87. The number of ketones is 1. The third-order valence-corrected chi connectivity index (χ3v) is 6.12. The summed E-state index contributed by atoms with van der Waals surface area (Å²) in [6.07, 6.45) is 3.23. The third kappa shape index (κ3) is 4.01. The van der Waals surface area contributed by atoms with E-state index in [-0.39, 0.29) is 17.9 Å². The van der Waals surface area contributed by atoms with Crippen LogP contribution >= 0.6 is 15.9 Å². The van der Waals surface area contributed by atoms with Crippen LogP contribution in [0.5, 0.6) is 0 Å². The fraction of sp³-hybridized carbons (Fsp3) is 0.125. The zero-order valence-electron chi connectivity index (χ0n) is 16.5. The van der Waals surface area contributed by atoms with Gasteiger partial charge in [0.1, 0.15) is 11.6 Å². The van der Waals surface area contributed by atoms with Crippen LogP contribution in [0.15, 0.2) is 77.0 Å². The number of benzene rings is 2. The summed E-state index contributed by atoms with van der Waals surface area (Å²) in [5.74, 6) is -2.21. The minimum Gasteiger partial charge on any atom is -0.507 e. The number of amides is 1. The second-order valence-corrected chi connectivity index (χ2v) is 8.16. The maximum Gasteiger partial charge on any atom is 0.295 e. The lowest BCUT2D eigenvalue weighted by atomic mass is 9.94. The summed E-state index contributed by atoms with van der Waals surface area (Å²) in [5, 5.41) is 11.1. The van der Waals surface area contributed by atoms with Crippen molar-refractivity contribution in [2.24, 2.45) is 0 Å². The van der Waals surface area contributed by atoms with E-state index in [0.717, 1.165) is 15.6 Å². The molecule has 1 aliphatic rings. The summed E-state index contributed by atoms with van der Waals surface area (Å²) in [6, 6.07) is 13.4. The predicted molar refractivity (Wildman–Crippen MR) is 117 cm³/mol. The highest BCUT2D eigenvalue weighted by molar-refractivity contribution is 9.10. The van der Waals surface area contributed by atoms with E-state index in [0.29, 0.717) is 11.1 Å². The van der Waals surface area contributed by atoms with Gasteiger partial charge in [0, 0.05) is 29.0 Å². The van der Waals surface area contributed by atoms with Gasteiger partial charge in [0.25, 0.3) is 11.7 Å². The summed E-state index contributed by atoms with van der Waals surface area (Å²) in [6.45, 7) is 1.98. The normalized spacial score (nSPS) is 17.9. The van der Waals surface area contributed by atoms with E-state index in [1.807, 2.05) is 6.92 Å². The molecule has 0 aliphatic carbocycles. The molecule has 1 atom stereocenters. The van der Waals surface area contributed by atoms with Crippen molar-refractivity contribution in [2.45, 2.75) is 19.5 Å². The lowest BCUT2D eigenvalue weighted by Gasteiger charge is -2.25. The number of rotatable bonds is 4. The number of carbonyl (C=O) groups is 2. The van der Waals surface area contributed by atoms with Gasteiger partial charge in [-0.15, -0.1) is 0 Å². The molecular weight excluding hydrogens is 463 g/mol. The van der Waals surface area contributed by atoms with E-state index in [1.54, 1.807) is 42.7 Å². The Morgan fingerprint density at radius 2 is 1.90 bits per heavy atom. The Kier molecular flexibility index (Phi) is 5.69. The van der Waals surface area contributed by atoms with Crippen LogP contribution in [0.1, 0.15) is 28.3 Å². The van der Waals surface area contributed by atoms with Gasteiger partial charge >= 0.3 is 0 Å². The van der Waals surface area contributed by atoms with Gasteiger partial charge in [-0.1, -0.05) is 40.2 Å². The van der Waals surface area contributed by atoms with Crippen LogP contribution in [0.25, 0.3) is 5.76 Å². The Hall–Kier alpha value is -3.32. The number of likely N-dealkylation sites (tertiary alicyclic amines) is 1. The van der Waals surface area contributed by atoms with Crippen molar-refractivity contribution in [1.29, 1.82) is 0 Å². The highest BCUT2D eigenvalue weighted by atomic mass is 79.9. The summed E-state index contributed by atoms with van der Waals surface area (Å²) >= 11 is 3.42. The second-order valence-electron chi connectivity index (χ2n) is 7.30. The first kappa shape index (κ1) is 20.9. The van der Waals surface area contributed by atoms with Crippen molar-refractivity contribution in [3.63, 3.8) is 0 Å². The van der Waals surface area contributed by atoms with Gasteiger partial charge in [-0.25, -0.2) is 4.39 Å². The Morgan fingerprint density at radius 3 is 2.55 bits per heavy atom. The molecule has 2 heterocycles. The summed E-state index contributed by atoms with van der Waals surface area (Å²) in [4.78, 5) is 31.4. The number of aromatic nitrogens is 1. The number of hydrogen-bond acceptors (Lipinski definition) is 4. The van der Waals surface area contributed by atoms with Crippen LogP contribution in [0.4, 0.5) is 4.39 Å². The first-order valence-electron chi connectivity index (χ1n) is 9.56. The molecule has 5 nitrogen and oxygen atoms in total. The van der Waals surface area contributed by atoms with Crippen molar-refractivity contribution in [3.8, 4) is 0 Å². The lowest BCUT2D eigenvalue weighted by molar-refractivity contribution is -0.140. The van der Waals surface area contributed by atoms with Gasteiger partial charge in [0.05, 0.1) is 11.6 Å². The molecule has 0 saturated carbocycles. The minimum absolute atomic E-state index is 0.0257. The third-order valence-electron chi connectivity index (χ3n) is 5.23. The molecule has 0 radical (unpaired) electrons. The van der Waals surface area contributed by atoms with Crippen LogP contribution in [0.2, 0.25) is 0 Å². The van der Waals surface area contributed by atoms with E-state index in [2.05, 4.69) is 20.9 Å². The van der Waals surface area contributed by atoms with Gasteiger partial charge in [0.15, 0.2) is 0 Å². The maximum absolute atomic E-state index is 13.6. The van der Waals surface area contributed by atoms with Crippen LogP contribution in [-0.2, 0) is 16.1 Å². The largest absolute Gasteiger partial charge is 0.507 e. The maximum atomic E-state index is 13.6. The first-order chi connectivity index (χ1) is 14.9. The molecule has 1 amide bonds. The highest BCUT2D eigenvalue weighted by Gasteiger charge is 2.46. The second kappa shape index (κ2) is 8.43. The molecule has 1 aliphatic heterocycles. The monoisotopic (exact) mass is 480 g/mol. The topological polar surface area (TPSA) is 70.5 Å². The molecule has 156 valence electrons. The minimum atomic E-state index is -0.857. The fourth-order valence-corrected chi connectivity index (χ4v) is 3.92. The van der Waals surface area contributed by atoms with E-state index in [4.69, 9.17) is 0 Å². The van der Waals surface area contributed by atoms with Crippen molar-refractivity contribution in [1.82, 2.24) is 9.88 Å². The predicted octanol–water partition coefficient (Wildman–Crippen LogP) is 4.91. The number of aliphatic hydroxyl groups is 1. The molecule has 1 aromatic heterocycles. The van der Waals surface area contributed by atoms with E-state index >= 15 is 0 Å². The van der Waals surface area contributed by atoms with Crippen molar-refractivity contribution in [3.05, 3.63) is 105 Å². The lowest BCUT2D eigenvalue weighted by Crippen LogP contribution is -2.29. The molecule has 0 spiro atoms.